The van der Waals surface area contributed by atoms with Crippen molar-refractivity contribution in [2.45, 2.75) is 26.7 Å². The smallest absolute Gasteiger partial charge is 0.338 e. The Morgan fingerprint density at radius 2 is 1.96 bits per heavy atom. The highest BCUT2D eigenvalue weighted by Crippen LogP contribution is 2.24. The fourth-order valence-electron chi connectivity index (χ4n) is 1.87. The molecular weight excluding hydrogens is 348 g/mol. The SMILES string of the molecule is CCOC(=O)c1cc(C(=O)Nc2nnc(C(C)C)s2)cc([N+](=O)[O-])c1. The summed E-state index contributed by atoms with van der Waals surface area (Å²) < 4.78 is 4.83. The second kappa shape index (κ2) is 7.79. The van der Waals surface area contributed by atoms with Crippen LogP contribution in [0.4, 0.5) is 10.8 Å². The monoisotopic (exact) mass is 364 g/mol. The number of nitro groups is 1. The number of rotatable bonds is 6. The first-order valence-electron chi connectivity index (χ1n) is 7.43. The van der Waals surface area contributed by atoms with E-state index in [-0.39, 0.29) is 34.5 Å². The molecule has 2 aromatic rings. The molecule has 25 heavy (non-hydrogen) atoms. The molecule has 0 saturated heterocycles. The van der Waals surface area contributed by atoms with E-state index >= 15 is 0 Å². The van der Waals surface area contributed by atoms with Gasteiger partial charge in [0.1, 0.15) is 5.01 Å². The van der Waals surface area contributed by atoms with E-state index in [1.54, 1.807) is 6.92 Å². The van der Waals surface area contributed by atoms with E-state index in [0.717, 1.165) is 17.1 Å². The number of hydrogen-bond acceptors (Lipinski definition) is 8. The Kier molecular flexibility index (Phi) is 5.75. The van der Waals surface area contributed by atoms with Crippen LogP contribution in [0.5, 0.6) is 0 Å². The topological polar surface area (TPSA) is 124 Å². The van der Waals surface area contributed by atoms with Crippen LogP contribution in [0.2, 0.25) is 0 Å². The Bertz CT molecular complexity index is 818. The Morgan fingerprint density at radius 1 is 1.28 bits per heavy atom. The summed E-state index contributed by atoms with van der Waals surface area (Å²) in [5.74, 6) is -1.20. The molecule has 1 N–H and O–H groups in total. The number of nitrogens with zero attached hydrogens (tertiary/aromatic N) is 3. The molecule has 0 spiro atoms. The van der Waals surface area contributed by atoms with Crippen molar-refractivity contribution in [2.75, 3.05) is 11.9 Å². The average Bonchev–Trinajstić information content (AvgIpc) is 3.03. The number of carbonyl (C=O) groups is 2. The van der Waals surface area contributed by atoms with Crippen LogP contribution in [0.25, 0.3) is 0 Å². The van der Waals surface area contributed by atoms with Gasteiger partial charge in [-0.2, -0.15) is 0 Å². The minimum atomic E-state index is -0.738. The molecule has 1 heterocycles. The number of nitro benzene ring substituents is 1. The van der Waals surface area contributed by atoms with Crippen molar-refractivity contribution in [1.82, 2.24) is 10.2 Å². The van der Waals surface area contributed by atoms with E-state index in [4.69, 9.17) is 4.74 Å². The third kappa shape index (κ3) is 4.57. The average molecular weight is 364 g/mol. The van der Waals surface area contributed by atoms with Gasteiger partial charge < -0.3 is 4.74 Å². The van der Waals surface area contributed by atoms with Crippen molar-refractivity contribution < 1.29 is 19.2 Å². The molecule has 1 aromatic heterocycles. The summed E-state index contributed by atoms with van der Waals surface area (Å²) >= 11 is 1.21. The van der Waals surface area contributed by atoms with Crippen LogP contribution in [-0.4, -0.2) is 33.6 Å². The van der Waals surface area contributed by atoms with Crippen LogP contribution < -0.4 is 5.32 Å². The summed E-state index contributed by atoms with van der Waals surface area (Å²) in [6.45, 7) is 5.62. The standard InChI is InChI=1S/C15H16N4O5S/c1-4-24-14(21)10-5-9(6-11(7-10)19(22)23)12(20)16-15-18-17-13(25-15)8(2)3/h5-8H,4H2,1-3H3,(H,16,18,20). The fourth-order valence-corrected chi connectivity index (χ4v) is 2.61. The van der Waals surface area contributed by atoms with Crippen LogP contribution in [0.1, 0.15) is 52.4 Å². The largest absolute Gasteiger partial charge is 0.462 e. The van der Waals surface area contributed by atoms with E-state index in [1.165, 1.54) is 17.4 Å². The summed E-state index contributed by atoms with van der Waals surface area (Å²) in [7, 11) is 0. The molecular formula is C15H16N4O5S. The van der Waals surface area contributed by atoms with Gasteiger partial charge >= 0.3 is 5.97 Å². The number of anilines is 1. The number of esters is 1. The van der Waals surface area contributed by atoms with Crippen molar-refractivity contribution in [1.29, 1.82) is 0 Å². The minimum absolute atomic E-state index is 0.0430. The van der Waals surface area contributed by atoms with Crippen molar-refractivity contribution in [2.24, 2.45) is 0 Å². The molecule has 0 aliphatic rings. The van der Waals surface area contributed by atoms with Gasteiger partial charge in [-0.25, -0.2) is 4.79 Å². The van der Waals surface area contributed by atoms with Gasteiger partial charge in [0.05, 0.1) is 17.1 Å². The zero-order valence-corrected chi connectivity index (χ0v) is 14.6. The van der Waals surface area contributed by atoms with Gasteiger partial charge in [0.15, 0.2) is 0 Å². The zero-order chi connectivity index (χ0) is 18.6. The van der Waals surface area contributed by atoms with Gasteiger partial charge in [0.25, 0.3) is 11.6 Å². The van der Waals surface area contributed by atoms with Crippen molar-refractivity contribution >= 4 is 34.0 Å². The molecule has 0 aliphatic carbocycles. The second-order valence-corrected chi connectivity index (χ2v) is 6.31. The number of ether oxygens (including phenoxy) is 1. The van der Waals surface area contributed by atoms with Crippen LogP contribution in [0, 0.1) is 10.1 Å². The van der Waals surface area contributed by atoms with E-state index in [2.05, 4.69) is 15.5 Å². The first kappa shape index (κ1) is 18.5. The van der Waals surface area contributed by atoms with E-state index in [1.807, 2.05) is 13.8 Å². The van der Waals surface area contributed by atoms with E-state index in [9.17, 15) is 19.7 Å². The third-order valence-electron chi connectivity index (χ3n) is 3.06. The molecule has 0 radical (unpaired) electrons. The van der Waals surface area contributed by atoms with Crippen LogP contribution in [-0.2, 0) is 4.74 Å². The van der Waals surface area contributed by atoms with Crippen molar-refractivity contribution in [3.05, 3.63) is 44.4 Å². The number of hydrogen-bond donors (Lipinski definition) is 1. The van der Waals surface area contributed by atoms with Crippen molar-refractivity contribution in [3.8, 4) is 0 Å². The van der Waals surface area contributed by atoms with E-state index in [0.29, 0.717) is 0 Å². The fraction of sp³-hybridized carbons (Fsp3) is 0.333. The summed E-state index contributed by atoms with van der Waals surface area (Å²) in [6.07, 6.45) is 0. The molecule has 0 unspecified atom stereocenters. The number of benzene rings is 1. The molecule has 2 rings (SSSR count). The maximum atomic E-state index is 12.4. The predicted octanol–water partition coefficient (Wildman–Crippen LogP) is 3.00. The molecule has 0 aliphatic heterocycles. The molecule has 9 nitrogen and oxygen atoms in total. The number of nitrogens with one attached hydrogen (secondary N) is 1. The molecule has 1 aromatic carbocycles. The molecule has 0 saturated carbocycles. The van der Waals surface area contributed by atoms with Crippen molar-refractivity contribution in [3.63, 3.8) is 0 Å². The molecule has 0 bridgehead atoms. The molecule has 0 fully saturated rings. The summed E-state index contributed by atoms with van der Waals surface area (Å²) in [5, 5.41) is 22.4. The van der Waals surface area contributed by atoms with Gasteiger partial charge in [-0.15, -0.1) is 10.2 Å². The Labute approximate surface area is 147 Å². The van der Waals surface area contributed by atoms with Crippen LogP contribution in [0.3, 0.4) is 0 Å². The lowest BCUT2D eigenvalue weighted by atomic mass is 10.1. The summed E-state index contributed by atoms with van der Waals surface area (Å²) in [6, 6.07) is 3.39. The van der Waals surface area contributed by atoms with Gasteiger partial charge in [-0.1, -0.05) is 25.2 Å². The number of carbonyl (C=O) groups excluding carboxylic acids is 2. The minimum Gasteiger partial charge on any atom is -0.462 e. The Hall–Kier alpha value is -2.88. The van der Waals surface area contributed by atoms with E-state index < -0.39 is 16.8 Å². The maximum Gasteiger partial charge on any atom is 0.338 e. The predicted molar refractivity (Wildman–Crippen MR) is 91.0 cm³/mol. The highest BCUT2D eigenvalue weighted by molar-refractivity contribution is 7.15. The second-order valence-electron chi connectivity index (χ2n) is 5.30. The highest BCUT2D eigenvalue weighted by Gasteiger charge is 2.20. The third-order valence-corrected chi connectivity index (χ3v) is 4.20. The Morgan fingerprint density at radius 3 is 2.52 bits per heavy atom. The lowest BCUT2D eigenvalue weighted by molar-refractivity contribution is -0.384. The first-order valence-corrected chi connectivity index (χ1v) is 8.24. The molecule has 10 heteroatoms. The zero-order valence-electron chi connectivity index (χ0n) is 13.8. The quantitative estimate of drug-likeness (QED) is 0.474. The highest BCUT2D eigenvalue weighted by atomic mass is 32.1. The lowest BCUT2D eigenvalue weighted by Gasteiger charge is -2.05. The number of non-ortho nitro benzene ring substituents is 1. The number of amides is 1. The van der Waals surface area contributed by atoms with Gasteiger partial charge in [-0.05, 0) is 13.0 Å². The molecule has 132 valence electrons. The summed E-state index contributed by atoms with van der Waals surface area (Å²) in [5.41, 5.74) is -0.490. The molecule has 0 atom stereocenters. The Balaban J connectivity index is 2.30. The van der Waals surface area contributed by atoms with Gasteiger partial charge in [0, 0.05) is 23.6 Å². The van der Waals surface area contributed by atoms with Crippen LogP contribution >= 0.6 is 11.3 Å². The first-order chi connectivity index (χ1) is 11.8. The van der Waals surface area contributed by atoms with Gasteiger partial charge in [-0.3, -0.25) is 20.2 Å². The number of aromatic nitrogens is 2. The maximum absolute atomic E-state index is 12.4. The summed E-state index contributed by atoms with van der Waals surface area (Å²) in [4.78, 5) is 34.6. The molecule has 1 amide bonds. The van der Waals surface area contributed by atoms with Gasteiger partial charge in [0.2, 0.25) is 5.13 Å². The van der Waals surface area contributed by atoms with Crippen LogP contribution in [0.15, 0.2) is 18.2 Å². The lowest BCUT2D eigenvalue weighted by Crippen LogP contribution is -2.14. The normalized spacial score (nSPS) is 10.6.